The van der Waals surface area contributed by atoms with Crippen LogP contribution in [0.15, 0.2) is 0 Å². The molecule has 8 N–H and O–H groups in total. The van der Waals surface area contributed by atoms with Gasteiger partial charge in [0.2, 0.25) is 0 Å². The highest BCUT2D eigenvalue weighted by atomic mass is 32.3. The number of carbonyl (C=O) groups excluding carboxylic acids is 4. The highest BCUT2D eigenvalue weighted by molar-refractivity contribution is 7.81. The number of amides is 6. The highest BCUT2D eigenvalue weighted by Gasteiger charge is 2.49. The van der Waals surface area contributed by atoms with Crippen molar-refractivity contribution < 1.29 is 63.4 Å². The highest BCUT2D eigenvalue weighted by Crippen LogP contribution is 2.30. The van der Waals surface area contributed by atoms with E-state index in [1.807, 2.05) is 0 Å². The maximum absolute atomic E-state index is 12.6. The molecule has 3 saturated heterocycles. The zero-order valence-electron chi connectivity index (χ0n) is 21.9. The first-order valence-corrected chi connectivity index (χ1v) is 15.2. The molecule has 2 bridgehead atoms. The fourth-order valence-corrected chi connectivity index (χ4v) is 5.24. The van der Waals surface area contributed by atoms with Crippen LogP contribution < -0.4 is 27.3 Å². The van der Waals surface area contributed by atoms with E-state index in [2.05, 4.69) is 30.2 Å². The normalized spacial score (nSPS) is 24.3. The summed E-state index contributed by atoms with van der Waals surface area (Å²) >= 11 is 0. The van der Waals surface area contributed by atoms with Crippen molar-refractivity contribution in [2.24, 2.45) is 5.73 Å². The van der Waals surface area contributed by atoms with Gasteiger partial charge in [-0.1, -0.05) is 0 Å². The molecule has 0 spiro atoms. The number of nitrogens with two attached hydrogens (primary N) is 1. The number of urea groups is 2. The number of carbonyl (C=O) groups is 4. The van der Waals surface area contributed by atoms with E-state index in [-0.39, 0.29) is 65.1 Å². The third-order valence-corrected chi connectivity index (χ3v) is 6.96. The summed E-state index contributed by atoms with van der Waals surface area (Å²) in [5, 5.41) is 5.97. The molecule has 3 aliphatic rings. The lowest BCUT2D eigenvalue weighted by Gasteiger charge is -2.34. The maximum Gasteiger partial charge on any atom is 0.418 e. The molecule has 0 aliphatic carbocycles. The number of hydrogen-bond donors (Lipinski definition) is 7. The second-order valence-electron chi connectivity index (χ2n) is 9.18. The van der Waals surface area contributed by atoms with Crippen molar-refractivity contribution in [3.8, 4) is 0 Å². The molecule has 4 unspecified atom stereocenters. The second-order valence-corrected chi connectivity index (χ2v) is 11.2. The van der Waals surface area contributed by atoms with Crippen molar-refractivity contribution >= 4 is 44.7 Å². The van der Waals surface area contributed by atoms with Crippen molar-refractivity contribution in [3.05, 3.63) is 0 Å². The van der Waals surface area contributed by atoms with Gasteiger partial charge in [0.25, 0.3) is 11.8 Å². The van der Waals surface area contributed by atoms with Crippen LogP contribution in [0, 0.1) is 0 Å². The average molecular weight is 649 g/mol. The van der Waals surface area contributed by atoms with Crippen LogP contribution in [0.25, 0.3) is 0 Å². The molecule has 6 amide bonds. The van der Waals surface area contributed by atoms with E-state index in [0.29, 0.717) is 10.1 Å². The van der Waals surface area contributed by atoms with Gasteiger partial charge in [-0.15, -0.1) is 8.57 Å². The SMILES string of the molecule is NCCONC(=O)C1CCC(N(OS(=O)(=O)O)C(=O)NCCONC(=O)C2CCC3CN2C(=O)N3OS(=O)(=O)O)CN1. The number of hydroxylamine groups is 6. The van der Waals surface area contributed by atoms with Crippen LogP contribution in [-0.2, 0) is 48.6 Å². The summed E-state index contributed by atoms with van der Waals surface area (Å²) in [4.78, 5) is 60.5. The van der Waals surface area contributed by atoms with Crippen molar-refractivity contribution in [1.29, 1.82) is 0 Å². The Morgan fingerprint density at radius 1 is 1.00 bits per heavy atom. The molecule has 24 heteroatoms. The Balaban J connectivity index is 1.43. The molecule has 0 radical (unpaired) electrons. The summed E-state index contributed by atoms with van der Waals surface area (Å²) in [5.74, 6) is -1.25. The molecule has 240 valence electrons. The van der Waals surface area contributed by atoms with Crippen LogP contribution in [0.2, 0.25) is 0 Å². The molecule has 0 aromatic heterocycles. The van der Waals surface area contributed by atoms with Crippen LogP contribution in [0.1, 0.15) is 25.7 Å². The molecule has 3 heterocycles. The van der Waals surface area contributed by atoms with Gasteiger partial charge in [-0.3, -0.25) is 28.4 Å². The Labute approximate surface area is 239 Å². The molecular formula is C18H32N8O14S2. The number of piperidine rings is 2. The lowest BCUT2D eigenvalue weighted by Crippen LogP contribution is -2.57. The van der Waals surface area contributed by atoms with E-state index in [9.17, 15) is 36.0 Å². The minimum absolute atomic E-state index is 0.0321. The maximum atomic E-state index is 12.6. The third kappa shape index (κ3) is 9.54. The fraction of sp³-hybridized carbons (Fsp3) is 0.778. The monoisotopic (exact) mass is 648 g/mol. The number of nitrogens with one attached hydrogen (secondary N) is 4. The summed E-state index contributed by atoms with van der Waals surface area (Å²) < 4.78 is 71.3. The van der Waals surface area contributed by atoms with E-state index in [0.717, 1.165) is 4.90 Å². The van der Waals surface area contributed by atoms with Crippen LogP contribution in [0.3, 0.4) is 0 Å². The Morgan fingerprint density at radius 2 is 1.69 bits per heavy atom. The zero-order valence-corrected chi connectivity index (χ0v) is 23.5. The van der Waals surface area contributed by atoms with Gasteiger partial charge in [-0.05, 0) is 25.7 Å². The van der Waals surface area contributed by atoms with Crippen LogP contribution >= 0.6 is 0 Å². The van der Waals surface area contributed by atoms with Gasteiger partial charge in [0.1, 0.15) is 6.04 Å². The second kappa shape index (κ2) is 14.5. The van der Waals surface area contributed by atoms with E-state index in [1.165, 1.54) is 0 Å². The van der Waals surface area contributed by atoms with Gasteiger partial charge >= 0.3 is 32.9 Å². The third-order valence-electron chi connectivity index (χ3n) is 6.26. The molecule has 3 rings (SSSR count). The predicted molar refractivity (Wildman–Crippen MR) is 133 cm³/mol. The Morgan fingerprint density at radius 3 is 2.31 bits per heavy atom. The molecule has 0 saturated carbocycles. The summed E-state index contributed by atoms with van der Waals surface area (Å²) in [6, 6.07) is -5.37. The quantitative estimate of drug-likeness (QED) is 0.0535. The van der Waals surface area contributed by atoms with Crippen molar-refractivity contribution in [2.75, 3.05) is 39.4 Å². The molecule has 4 atom stereocenters. The lowest BCUT2D eigenvalue weighted by atomic mass is 10.0. The Bertz CT molecular complexity index is 1210. The standard InChI is InChI=1S/C18H32N8O14S2/c19-5-7-37-22-15(27)13-3-1-11(9-21-13)25(39-41(31,32)33)17(29)20-6-8-38-23-16(28)14-4-2-12-10-24(14)18(30)26(12)40-42(34,35)36/h11-14,21H,1-10,19H2,(H,20,29)(H,22,27)(H,23,28)(H,31,32,33)(H,34,35,36). The fourth-order valence-electron chi connectivity index (χ4n) is 4.46. The van der Waals surface area contributed by atoms with Gasteiger partial charge in [0, 0.05) is 26.2 Å². The summed E-state index contributed by atoms with van der Waals surface area (Å²) in [6.45, 7) is -0.445. The predicted octanol–water partition coefficient (Wildman–Crippen LogP) is -4.09. The number of hydrogen-bond acceptors (Lipinski definition) is 14. The number of rotatable bonds is 14. The van der Waals surface area contributed by atoms with Gasteiger partial charge in [-0.25, -0.2) is 20.5 Å². The van der Waals surface area contributed by atoms with Gasteiger partial charge in [0.05, 0.1) is 31.3 Å². The van der Waals surface area contributed by atoms with Crippen LogP contribution in [-0.4, -0.2) is 128 Å². The van der Waals surface area contributed by atoms with Gasteiger partial charge in [0.15, 0.2) is 0 Å². The Kier molecular flexibility index (Phi) is 11.6. The molecule has 22 nitrogen and oxygen atoms in total. The van der Waals surface area contributed by atoms with E-state index in [1.54, 1.807) is 0 Å². The Hall–Kier alpha value is -2.94. The summed E-state index contributed by atoms with van der Waals surface area (Å²) in [5.41, 5.74) is 9.57. The van der Waals surface area contributed by atoms with E-state index >= 15 is 0 Å². The molecule has 42 heavy (non-hydrogen) atoms. The largest absolute Gasteiger partial charge is 0.418 e. The number of fused-ring (bicyclic) bond motifs is 2. The van der Waals surface area contributed by atoms with E-state index in [4.69, 9.17) is 24.5 Å². The molecule has 3 aliphatic heterocycles. The van der Waals surface area contributed by atoms with E-state index < -0.39 is 68.8 Å². The van der Waals surface area contributed by atoms with Crippen LogP contribution in [0.5, 0.6) is 0 Å². The number of nitrogens with zero attached hydrogens (tertiary/aromatic N) is 3. The van der Waals surface area contributed by atoms with Crippen molar-refractivity contribution in [2.45, 2.75) is 49.9 Å². The molecular weight excluding hydrogens is 616 g/mol. The molecule has 0 aromatic carbocycles. The average Bonchev–Trinajstić information content (AvgIpc) is 3.14. The topological polar surface area (TPSA) is 298 Å². The first-order chi connectivity index (χ1) is 19.7. The van der Waals surface area contributed by atoms with Gasteiger partial charge < -0.3 is 21.3 Å². The smallest absolute Gasteiger partial charge is 0.334 e. The van der Waals surface area contributed by atoms with Gasteiger partial charge in [-0.2, -0.15) is 27.0 Å². The summed E-state index contributed by atoms with van der Waals surface area (Å²) in [6.07, 6.45) is 0.576. The van der Waals surface area contributed by atoms with Crippen molar-refractivity contribution in [1.82, 2.24) is 36.6 Å². The minimum Gasteiger partial charge on any atom is -0.334 e. The molecule has 0 aromatic rings. The first kappa shape index (κ1) is 33.6. The first-order valence-electron chi connectivity index (χ1n) is 12.5. The minimum atomic E-state index is -5.10. The van der Waals surface area contributed by atoms with Crippen molar-refractivity contribution in [3.63, 3.8) is 0 Å². The zero-order chi connectivity index (χ0) is 31.1. The van der Waals surface area contributed by atoms with Crippen LogP contribution in [0.4, 0.5) is 9.59 Å². The summed E-state index contributed by atoms with van der Waals surface area (Å²) in [7, 11) is -10.0. The molecule has 3 fully saturated rings. The lowest BCUT2D eigenvalue weighted by molar-refractivity contribution is -0.138.